The van der Waals surface area contributed by atoms with E-state index in [-0.39, 0.29) is 30.1 Å². The number of fused-ring (bicyclic) bond motifs is 1. The average molecular weight is 353 g/mol. The van der Waals surface area contributed by atoms with Crippen LogP contribution in [0.1, 0.15) is 33.7 Å². The summed E-state index contributed by atoms with van der Waals surface area (Å²) in [5.74, 6) is -1.00. The van der Waals surface area contributed by atoms with Crippen molar-refractivity contribution < 1.29 is 14.4 Å². The zero-order chi connectivity index (χ0) is 18.1. The van der Waals surface area contributed by atoms with Crippen LogP contribution in [-0.4, -0.2) is 34.5 Å². The van der Waals surface area contributed by atoms with Crippen molar-refractivity contribution >= 4 is 23.4 Å². The van der Waals surface area contributed by atoms with E-state index in [9.17, 15) is 14.4 Å². The molecule has 26 heavy (non-hydrogen) atoms. The van der Waals surface area contributed by atoms with E-state index in [4.69, 9.17) is 0 Å². The third-order valence-corrected chi connectivity index (χ3v) is 4.78. The van der Waals surface area contributed by atoms with Crippen molar-refractivity contribution in [2.75, 3.05) is 11.9 Å². The highest BCUT2D eigenvalue weighted by molar-refractivity contribution is 6.04. The number of nitrogens with zero attached hydrogens (tertiary/aromatic N) is 1. The van der Waals surface area contributed by atoms with Crippen LogP contribution in [0.4, 0.5) is 5.69 Å². The largest absolute Gasteiger partial charge is 0.321 e. The standard InChI is InChI=1S/C18H19N5O3/c24-15-8-11(17(25)21-15)7-10-1-3-12(4-2-10)20-18(26)16-13-9-19-6-5-14(13)22-23-16/h1-4,11,19H,5-9H2,(H,20,26)(H,22,23)(H,21,24,25). The molecule has 2 aromatic rings. The Kier molecular flexibility index (Phi) is 4.26. The lowest BCUT2D eigenvalue weighted by molar-refractivity contribution is -0.125. The normalized spacial score (nSPS) is 19.2. The molecule has 3 amide bonds. The van der Waals surface area contributed by atoms with Crippen molar-refractivity contribution in [2.24, 2.45) is 5.92 Å². The number of nitrogens with one attached hydrogen (secondary N) is 4. The van der Waals surface area contributed by atoms with Gasteiger partial charge in [0, 0.05) is 42.9 Å². The number of imide groups is 1. The maximum absolute atomic E-state index is 12.5. The Morgan fingerprint density at radius 3 is 2.77 bits per heavy atom. The monoisotopic (exact) mass is 353 g/mol. The van der Waals surface area contributed by atoms with E-state index in [0.717, 1.165) is 29.8 Å². The summed E-state index contributed by atoms with van der Waals surface area (Å²) in [6, 6.07) is 7.29. The molecule has 1 fully saturated rings. The smallest absolute Gasteiger partial charge is 0.276 e. The second kappa shape index (κ2) is 6.72. The predicted molar refractivity (Wildman–Crippen MR) is 93.4 cm³/mol. The quantitative estimate of drug-likeness (QED) is 0.598. The lowest BCUT2D eigenvalue weighted by Gasteiger charge is -2.13. The van der Waals surface area contributed by atoms with Gasteiger partial charge in [0.2, 0.25) is 11.8 Å². The van der Waals surface area contributed by atoms with Crippen LogP contribution >= 0.6 is 0 Å². The number of carbonyl (C=O) groups excluding carboxylic acids is 3. The Hall–Kier alpha value is -3.00. The predicted octanol–water partition coefficient (Wildman–Crippen LogP) is 0.513. The molecule has 1 aromatic carbocycles. The molecule has 1 saturated heterocycles. The molecule has 3 heterocycles. The summed E-state index contributed by atoms with van der Waals surface area (Å²) in [7, 11) is 0. The number of amides is 3. The van der Waals surface area contributed by atoms with Crippen LogP contribution in [0.5, 0.6) is 0 Å². The molecular weight excluding hydrogens is 334 g/mol. The van der Waals surface area contributed by atoms with Gasteiger partial charge in [0.15, 0.2) is 5.69 Å². The Morgan fingerprint density at radius 2 is 2.04 bits per heavy atom. The summed E-state index contributed by atoms with van der Waals surface area (Å²) >= 11 is 0. The number of aromatic amines is 1. The minimum atomic E-state index is -0.314. The van der Waals surface area contributed by atoms with Crippen molar-refractivity contribution in [3.8, 4) is 0 Å². The first-order chi connectivity index (χ1) is 12.6. The second-order valence-corrected chi connectivity index (χ2v) is 6.62. The maximum Gasteiger partial charge on any atom is 0.276 e. The number of hydrogen-bond donors (Lipinski definition) is 4. The number of benzene rings is 1. The molecule has 1 unspecified atom stereocenters. The van der Waals surface area contributed by atoms with E-state index in [1.54, 1.807) is 12.1 Å². The second-order valence-electron chi connectivity index (χ2n) is 6.62. The van der Waals surface area contributed by atoms with Crippen molar-refractivity contribution in [3.05, 3.63) is 46.8 Å². The van der Waals surface area contributed by atoms with Gasteiger partial charge in [0.05, 0.1) is 5.92 Å². The van der Waals surface area contributed by atoms with Gasteiger partial charge in [0.25, 0.3) is 5.91 Å². The minimum Gasteiger partial charge on any atom is -0.321 e. The zero-order valence-corrected chi connectivity index (χ0v) is 14.1. The summed E-state index contributed by atoms with van der Waals surface area (Å²) in [5, 5.41) is 15.5. The van der Waals surface area contributed by atoms with Crippen LogP contribution < -0.4 is 16.0 Å². The third kappa shape index (κ3) is 3.23. The van der Waals surface area contributed by atoms with Crippen LogP contribution in [0, 0.1) is 5.92 Å². The minimum absolute atomic E-state index is 0.218. The van der Waals surface area contributed by atoms with E-state index in [1.165, 1.54) is 0 Å². The molecule has 1 aromatic heterocycles. The summed E-state index contributed by atoms with van der Waals surface area (Å²) in [6.45, 7) is 1.51. The van der Waals surface area contributed by atoms with Crippen molar-refractivity contribution in [3.63, 3.8) is 0 Å². The molecule has 0 saturated carbocycles. The molecule has 1 atom stereocenters. The first-order valence-electron chi connectivity index (χ1n) is 8.61. The highest BCUT2D eigenvalue weighted by Gasteiger charge is 2.30. The van der Waals surface area contributed by atoms with Gasteiger partial charge in [-0.3, -0.25) is 24.8 Å². The zero-order valence-electron chi connectivity index (χ0n) is 14.1. The van der Waals surface area contributed by atoms with Gasteiger partial charge in [-0.2, -0.15) is 5.10 Å². The van der Waals surface area contributed by atoms with Crippen LogP contribution in [-0.2, 0) is 29.0 Å². The van der Waals surface area contributed by atoms with E-state index >= 15 is 0 Å². The maximum atomic E-state index is 12.5. The van der Waals surface area contributed by atoms with Gasteiger partial charge in [-0.15, -0.1) is 0 Å². The molecule has 2 aliphatic rings. The number of aromatic nitrogens is 2. The van der Waals surface area contributed by atoms with Crippen molar-refractivity contribution in [1.82, 2.24) is 20.8 Å². The van der Waals surface area contributed by atoms with Gasteiger partial charge < -0.3 is 10.6 Å². The molecule has 0 spiro atoms. The molecule has 0 aliphatic carbocycles. The molecule has 4 rings (SSSR count). The fourth-order valence-corrected chi connectivity index (χ4v) is 3.38. The SMILES string of the molecule is O=C1CC(Cc2ccc(NC(=O)c3n[nH]c4c3CNCC4)cc2)C(=O)N1. The fraction of sp³-hybridized carbons (Fsp3) is 0.333. The number of rotatable bonds is 4. The highest BCUT2D eigenvalue weighted by Crippen LogP contribution is 2.20. The van der Waals surface area contributed by atoms with Crippen LogP contribution in [0.3, 0.4) is 0 Å². The van der Waals surface area contributed by atoms with Crippen LogP contribution in [0.25, 0.3) is 0 Å². The van der Waals surface area contributed by atoms with Gasteiger partial charge >= 0.3 is 0 Å². The number of H-pyrrole nitrogens is 1. The number of hydrogen-bond acceptors (Lipinski definition) is 5. The third-order valence-electron chi connectivity index (χ3n) is 4.78. The van der Waals surface area contributed by atoms with Gasteiger partial charge in [-0.1, -0.05) is 12.1 Å². The van der Waals surface area contributed by atoms with E-state index < -0.39 is 0 Å². The van der Waals surface area contributed by atoms with E-state index in [2.05, 4.69) is 26.1 Å². The Bertz CT molecular complexity index is 871. The summed E-state index contributed by atoms with van der Waals surface area (Å²) in [4.78, 5) is 35.4. The Labute approximate surface area is 149 Å². The highest BCUT2D eigenvalue weighted by atomic mass is 16.2. The number of anilines is 1. The number of carbonyl (C=O) groups is 3. The molecule has 2 aliphatic heterocycles. The van der Waals surface area contributed by atoms with Gasteiger partial charge in [-0.05, 0) is 24.1 Å². The van der Waals surface area contributed by atoms with Crippen LogP contribution in [0.2, 0.25) is 0 Å². The molecule has 4 N–H and O–H groups in total. The van der Waals surface area contributed by atoms with Crippen molar-refractivity contribution in [2.45, 2.75) is 25.8 Å². The van der Waals surface area contributed by atoms with E-state index in [1.807, 2.05) is 12.1 Å². The average Bonchev–Trinajstić information content (AvgIpc) is 3.19. The Balaban J connectivity index is 1.41. The van der Waals surface area contributed by atoms with Gasteiger partial charge in [-0.25, -0.2) is 0 Å². The molecule has 134 valence electrons. The van der Waals surface area contributed by atoms with E-state index in [0.29, 0.717) is 24.3 Å². The summed E-state index contributed by atoms with van der Waals surface area (Å²) in [5.41, 5.74) is 3.94. The summed E-state index contributed by atoms with van der Waals surface area (Å²) in [6.07, 6.45) is 1.57. The molecule has 8 nitrogen and oxygen atoms in total. The van der Waals surface area contributed by atoms with Gasteiger partial charge in [0.1, 0.15) is 0 Å². The lowest BCUT2D eigenvalue weighted by Crippen LogP contribution is -2.25. The molecule has 8 heteroatoms. The lowest BCUT2D eigenvalue weighted by atomic mass is 9.98. The first-order valence-corrected chi connectivity index (χ1v) is 8.61. The Morgan fingerprint density at radius 1 is 1.23 bits per heavy atom. The van der Waals surface area contributed by atoms with Crippen molar-refractivity contribution in [1.29, 1.82) is 0 Å². The summed E-state index contributed by atoms with van der Waals surface area (Å²) < 4.78 is 0. The topological polar surface area (TPSA) is 116 Å². The molecule has 0 bridgehead atoms. The van der Waals surface area contributed by atoms with Crippen LogP contribution in [0.15, 0.2) is 24.3 Å². The fourth-order valence-electron chi connectivity index (χ4n) is 3.38. The first kappa shape index (κ1) is 16.5. The molecular formula is C18H19N5O3. The molecule has 0 radical (unpaired) electrons.